The van der Waals surface area contributed by atoms with E-state index in [1.807, 2.05) is 0 Å². The first-order chi connectivity index (χ1) is 14.3. The third kappa shape index (κ3) is 3.45. The number of nitrogens with two attached hydrogens (primary N) is 1. The summed E-state index contributed by atoms with van der Waals surface area (Å²) in [5.74, 6) is -1.83. The number of hydrogen-bond acceptors (Lipinski definition) is 5. The van der Waals surface area contributed by atoms with Gasteiger partial charge < -0.3 is 20.7 Å². The van der Waals surface area contributed by atoms with Crippen molar-refractivity contribution in [2.45, 2.75) is 31.7 Å². The summed E-state index contributed by atoms with van der Waals surface area (Å²) in [6.07, 6.45) is 4.49. The van der Waals surface area contributed by atoms with Gasteiger partial charge in [0.25, 0.3) is 0 Å². The summed E-state index contributed by atoms with van der Waals surface area (Å²) in [6, 6.07) is 5.08. The molecule has 0 aliphatic heterocycles. The summed E-state index contributed by atoms with van der Waals surface area (Å²) in [5.41, 5.74) is 5.15. The van der Waals surface area contributed by atoms with Crippen molar-refractivity contribution < 1.29 is 19.1 Å². The Kier molecular flexibility index (Phi) is 5.07. The SMILES string of the molecule is NC(=O)CC(n1cc(Cl)c2cnc(Nc3cccc(F)c3)nc21)C1(C(=O)O)CCC1. The maximum Gasteiger partial charge on any atom is 0.311 e. The number of anilines is 2. The molecule has 0 bridgehead atoms. The number of hydrogen-bond donors (Lipinski definition) is 3. The predicted molar refractivity (Wildman–Crippen MR) is 109 cm³/mol. The first-order valence-corrected chi connectivity index (χ1v) is 9.75. The molecule has 0 spiro atoms. The molecule has 1 atom stereocenters. The van der Waals surface area contributed by atoms with E-state index in [-0.39, 0.29) is 12.4 Å². The van der Waals surface area contributed by atoms with Crippen molar-refractivity contribution >= 4 is 46.1 Å². The molecular weight excluding hydrogens is 413 g/mol. The Morgan fingerprint density at radius 2 is 2.17 bits per heavy atom. The van der Waals surface area contributed by atoms with E-state index in [2.05, 4.69) is 15.3 Å². The van der Waals surface area contributed by atoms with Gasteiger partial charge in [-0.1, -0.05) is 24.1 Å². The van der Waals surface area contributed by atoms with Crippen molar-refractivity contribution in [1.29, 1.82) is 0 Å². The third-order valence-electron chi connectivity index (χ3n) is 5.64. The highest BCUT2D eigenvalue weighted by Gasteiger charge is 2.52. The van der Waals surface area contributed by atoms with Gasteiger partial charge >= 0.3 is 5.97 Å². The van der Waals surface area contributed by atoms with Crippen molar-refractivity contribution in [2.24, 2.45) is 11.1 Å². The molecular formula is C20H19ClFN5O3. The average molecular weight is 432 g/mol. The van der Waals surface area contributed by atoms with Crippen LogP contribution in [0.4, 0.5) is 16.0 Å². The Bertz CT molecular complexity index is 1140. The predicted octanol–water partition coefficient (Wildman–Crippen LogP) is 3.64. The third-order valence-corrected chi connectivity index (χ3v) is 5.94. The summed E-state index contributed by atoms with van der Waals surface area (Å²) in [6.45, 7) is 0. The number of carboxylic acid groups (broad SMARTS) is 1. The number of benzene rings is 1. The van der Waals surface area contributed by atoms with Crippen LogP contribution in [-0.4, -0.2) is 31.5 Å². The van der Waals surface area contributed by atoms with Gasteiger partial charge in [-0.2, -0.15) is 4.98 Å². The van der Waals surface area contributed by atoms with Gasteiger partial charge in [0.05, 0.1) is 21.9 Å². The fraction of sp³-hybridized carbons (Fsp3) is 0.300. The van der Waals surface area contributed by atoms with Crippen LogP contribution >= 0.6 is 11.6 Å². The average Bonchev–Trinajstić information content (AvgIpc) is 2.95. The second-order valence-corrected chi connectivity index (χ2v) is 7.86. The maximum absolute atomic E-state index is 13.5. The van der Waals surface area contributed by atoms with Crippen molar-refractivity contribution in [3.8, 4) is 0 Å². The molecule has 1 fully saturated rings. The molecule has 1 aromatic carbocycles. The van der Waals surface area contributed by atoms with Crippen LogP contribution in [0, 0.1) is 11.2 Å². The summed E-state index contributed by atoms with van der Waals surface area (Å²) < 4.78 is 15.1. The minimum absolute atomic E-state index is 0.164. The van der Waals surface area contributed by atoms with Crippen molar-refractivity contribution in [2.75, 3.05) is 5.32 Å². The number of primary amides is 1. The second kappa shape index (κ2) is 7.56. The number of nitrogens with zero attached hydrogens (tertiary/aromatic N) is 3. The quantitative estimate of drug-likeness (QED) is 0.524. The highest BCUT2D eigenvalue weighted by molar-refractivity contribution is 6.35. The van der Waals surface area contributed by atoms with E-state index in [0.717, 1.165) is 6.42 Å². The Hall–Kier alpha value is -3.20. The Labute approximate surface area is 175 Å². The van der Waals surface area contributed by atoms with Gasteiger partial charge in [0, 0.05) is 24.5 Å². The number of nitrogens with one attached hydrogen (secondary N) is 1. The Morgan fingerprint density at radius 3 is 2.77 bits per heavy atom. The molecule has 30 heavy (non-hydrogen) atoms. The highest BCUT2D eigenvalue weighted by atomic mass is 35.5. The van der Waals surface area contributed by atoms with E-state index in [1.54, 1.807) is 22.9 Å². The molecule has 4 N–H and O–H groups in total. The number of halogens is 2. The molecule has 4 rings (SSSR count). The molecule has 1 amide bonds. The highest BCUT2D eigenvalue weighted by Crippen LogP contribution is 2.52. The maximum atomic E-state index is 13.5. The van der Waals surface area contributed by atoms with Crippen molar-refractivity contribution in [3.63, 3.8) is 0 Å². The first-order valence-electron chi connectivity index (χ1n) is 9.37. The number of carbonyl (C=O) groups is 2. The lowest BCUT2D eigenvalue weighted by Gasteiger charge is -2.44. The molecule has 1 aliphatic rings. The molecule has 3 aromatic rings. The molecule has 0 saturated heterocycles. The molecule has 8 nitrogen and oxygen atoms in total. The molecule has 156 valence electrons. The van der Waals surface area contributed by atoms with Crippen LogP contribution in [0.15, 0.2) is 36.7 Å². The fourth-order valence-electron chi connectivity index (χ4n) is 3.98. The minimum atomic E-state index is -1.12. The normalized spacial score (nSPS) is 16.1. The lowest BCUT2D eigenvalue weighted by Crippen LogP contribution is -2.46. The number of amides is 1. The number of carbonyl (C=O) groups excluding carboxylic acids is 1. The standard InChI is InChI=1S/C20H19ClFN5O3/c21-14-10-27(15(8-16(23)28)20(18(29)30)5-2-6-20)17-13(14)9-24-19(26-17)25-12-4-1-3-11(22)7-12/h1,3-4,7,9-10,15H,2,5-6,8H2,(H2,23,28)(H,29,30)(H,24,25,26). The van der Waals surface area contributed by atoms with Gasteiger partial charge in [0.1, 0.15) is 11.5 Å². The van der Waals surface area contributed by atoms with Crippen LogP contribution < -0.4 is 11.1 Å². The number of aromatic nitrogens is 3. The molecule has 2 aromatic heterocycles. The topological polar surface area (TPSA) is 123 Å². The second-order valence-electron chi connectivity index (χ2n) is 7.45. The smallest absolute Gasteiger partial charge is 0.311 e. The monoisotopic (exact) mass is 431 g/mol. The van der Waals surface area contributed by atoms with E-state index < -0.39 is 29.2 Å². The van der Waals surface area contributed by atoms with Gasteiger partial charge in [-0.15, -0.1) is 0 Å². The Morgan fingerprint density at radius 1 is 1.40 bits per heavy atom. The molecule has 1 aliphatic carbocycles. The van der Waals surface area contributed by atoms with Gasteiger partial charge in [-0.25, -0.2) is 9.37 Å². The molecule has 0 radical (unpaired) electrons. The number of carboxylic acids is 1. The molecule has 10 heteroatoms. The largest absolute Gasteiger partial charge is 0.481 e. The number of aliphatic carboxylic acids is 1. The van der Waals surface area contributed by atoms with Gasteiger partial charge in [-0.05, 0) is 31.0 Å². The number of rotatable bonds is 7. The van der Waals surface area contributed by atoms with Crippen LogP contribution in [0.3, 0.4) is 0 Å². The van der Waals surface area contributed by atoms with Crippen molar-refractivity contribution in [3.05, 3.63) is 47.5 Å². The number of fused-ring (bicyclic) bond motifs is 1. The molecule has 1 saturated carbocycles. The van der Waals surface area contributed by atoms with E-state index >= 15 is 0 Å². The van der Waals surface area contributed by atoms with E-state index in [1.165, 1.54) is 18.3 Å². The zero-order valence-corrected chi connectivity index (χ0v) is 16.6. The fourth-order valence-corrected chi connectivity index (χ4v) is 4.22. The van der Waals surface area contributed by atoms with Crippen LogP contribution in [0.2, 0.25) is 5.02 Å². The van der Waals surface area contributed by atoms with E-state index in [0.29, 0.717) is 34.6 Å². The lowest BCUT2D eigenvalue weighted by molar-refractivity contribution is -0.159. The zero-order chi connectivity index (χ0) is 21.5. The van der Waals surface area contributed by atoms with E-state index in [4.69, 9.17) is 17.3 Å². The molecule has 2 heterocycles. The Balaban J connectivity index is 1.80. The lowest BCUT2D eigenvalue weighted by atomic mass is 9.63. The van der Waals surface area contributed by atoms with Crippen LogP contribution in [-0.2, 0) is 9.59 Å². The van der Waals surface area contributed by atoms with E-state index in [9.17, 15) is 19.1 Å². The van der Waals surface area contributed by atoms with Gasteiger partial charge in [0.2, 0.25) is 11.9 Å². The molecule has 1 unspecified atom stereocenters. The van der Waals surface area contributed by atoms with Crippen LogP contribution in [0.25, 0.3) is 11.0 Å². The van der Waals surface area contributed by atoms with Crippen molar-refractivity contribution in [1.82, 2.24) is 14.5 Å². The minimum Gasteiger partial charge on any atom is -0.481 e. The summed E-state index contributed by atoms with van der Waals surface area (Å²) in [4.78, 5) is 32.6. The zero-order valence-electron chi connectivity index (χ0n) is 15.8. The summed E-state index contributed by atoms with van der Waals surface area (Å²) in [7, 11) is 0. The summed E-state index contributed by atoms with van der Waals surface area (Å²) >= 11 is 6.35. The van der Waals surface area contributed by atoms with Crippen LogP contribution in [0.1, 0.15) is 31.7 Å². The van der Waals surface area contributed by atoms with Gasteiger partial charge in [0.15, 0.2) is 0 Å². The summed E-state index contributed by atoms with van der Waals surface area (Å²) in [5, 5.41) is 13.7. The van der Waals surface area contributed by atoms with Gasteiger partial charge in [-0.3, -0.25) is 9.59 Å². The van der Waals surface area contributed by atoms with Crippen LogP contribution in [0.5, 0.6) is 0 Å². The first kappa shape index (κ1) is 20.1.